The molecule has 1 aromatic heterocycles. The van der Waals surface area contributed by atoms with Gasteiger partial charge >= 0.3 is 0 Å². The Bertz CT molecular complexity index is 1050. The van der Waals surface area contributed by atoms with Gasteiger partial charge < -0.3 is 9.47 Å². The predicted octanol–water partition coefficient (Wildman–Crippen LogP) is 5.58. The highest BCUT2D eigenvalue weighted by Gasteiger charge is 2.27. The normalized spacial score (nSPS) is 14.1. The van der Waals surface area contributed by atoms with E-state index in [0.717, 1.165) is 11.1 Å². The van der Waals surface area contributed by atoms with Gasteiger partial charge in [0.25, 0.3) is 0 Å². The number of rotatable bonds is 4. The first-order chi connectivity index (χ1) is 13.1. The number of halogens is 2. The van der Waals surface area contributed by atoms with Crippen molar-refractivity contribution in [2.45, 2.75) is 6.61 Å². The summed E-state index contributed by atoms with van der Waals surface area (Å²) in [6.07, 6.45) is 5.01. The Kier molecular flexibility index (Phi) is 4.84. The third kappa shape index (κ3) is 3.82. The molecule has 3 aromatic rings. The van der Waals surface area contributed by atoms with Gasteiger partial charge in [-0.15, -0.1) is 0 Å². The molecule has 0 spiro atoms. The number of ketones is 1. The number of aromatic nitrogens is 1. The van der Waals surface area contributed by atoms with Gasteiger partial charge in [0.15, 0.2) is 5.76 Å². The maximum Gasteiger partial charge on any atom is 0.231 e. The standard InChI is InChI=1S/C21H13Cl2NO3/c22-17-6-3-14(8-18(17)23)12-26-15-4-5-16-19(10-15)27-20(21(16)25)9-13-2-1-7-24-11-13/h1-11H,12H2/b20-9-. The molecular formula is C21H13Cl2NO3. The van der Waals surface area contributed by atoms with E-state index in [0.29, 0.717) is 33.7 Å². The Balaban J connectivity index is 1.50. The average molecular weight is 398 g/mol. The maximum absolute atomic E-state index is 12.5. The van der Waals surface area contributed by atoms with E-state index in [-0.39, 0.29) is 11.5 Å². The zero-order chi connectivity index (χ0) is 18.8. The second-order valence-electron chi connectivity index (χ2n) is 5.92. The van der Waals surface area contributed by atoms with Gasteiger partial charge in [0.05, 0.1) is 15.6 Å². The van der Waals surface area contributed by atoms with Gasteiger partial charge in [-0.05, 0) is 47.5 Å². The minimum atomic E-state index is -0.162. The first-order valence-electron chi connectivity index (χ1n) is 8.15. The highest BCUT2D eigenvalue weighted by atomic mass is 35.5. The minimum absolute atomic E-state index is 0.162. The fourth-order valence-electron chi connectivity index (χ4n) is 2.67. The molecule has 2 aromatic carbocycles. The van der Waals surface area contributed by atoms with E-state index in [1.54, 1.807) is 54.9 Å². The largest absolute Gasteiger partial charge is 0.489 e. The number of carbonyl (C=O) groups excluding carboxylic acids is 1. The molecule has 134 valence electrons. The van der Waals surface area contributed by atoms with E-state index in [4.69, 9.17) is 32.7 Å². The molecule has 0 saturated heterocycles. The van der Waals surface area contributed by atoms with Crippen molar-refractivity contribution in [3.8, 4) is 11.5 Å². The average Bonchev–Trinajstić information content (AvgIpc) is 2.98. The maximum atomic E-state index is 12.5. The van der Waals surface area contributed by atoms with E-state index in [1.807, 2.05) is 12.1 Å². The van der Waals surface area contributed by atoms with Crippen molar-refractivity contribution >= 4 is 35.1 Å². The summed E-state index contributed by atoms with van der Waals surface area (Å²) in [5, 5.41) is 0.976. The van der Waals surface area contributed by atoms with Gasteiger partial charge in [0, 0.05) is 18.5 Å². The van der Waals surface area contributed by atoms with Crippen molar-refractivity contribution in [3.05, 3.63) is 93.4 Å². The Morgan fingerprint density at radius 1 is 1.07 bits per heavy atom. The van der Waals surface area contributed by atoms with Crippen molar-refractivity contribution in [1.29, 1.82) is 0 Å². The lowest BCUT2D eigenvalue weighted by Gasteiger charge is -2.08. The van der Waals surface area contributed by atoms with Gasteiger partial charge in [0.1, 0.15) is 18.1 Å². The number of Topliss-reactive ketones (excluding diaryl/α,β-unsaturated/α-hetero) is 1. The molecular weight excluding hydrogens is 385 g/mol. The Labute approximate surface area is 166 Å². The molecule has 6 heteroatoms. The molecule has 27 heavy (non-hydrogen) atoms. The summed E-state index contributed by atoms with van der Waals surface area (Å²) >= 11 is 11.9. The highest BCUT2D eigenvalue weighted by molar-refractivity contribution is 6.42. The van der Waals surface area contributed by atoms with Crippen LogP contribution in [-0.2, 0) is 6.61 Å². The molecule has 4 nitrogen and oxygen atoms in total. The van der Waals surface area contributed by atoms with Crippen LogP contribution in [0, 0.1) is 0 Å². The van der Waals surface area contributed by atoms with Crippen LogP contribution in [0.3, 0.4) is 0 Å². The monoisotopic (exact) mass is 397 g/mol. The lowest BCUT2D eigenvalue weighted by Crippen LogP contribution is -1.98. The van der Waals surface area contributed by atoms with E-state index in [9.17, 15) is 4.79 Å². The topological polar surface area (TPSA) is 48.4 Å². The molecule has 0 radical (unpaired) electrons. The molecule has 1 aliphatic heterocycles. The number of fused-ring (bicyclic) bond motifs is 1. The smallest absolute Gasteiger partial charge is 0.231 e. The first kappa shape index (κ1) is 17.6. The Morgan fingerprint density at radius 2 is 1.96 bits per heavy atom. The molecule has 1 aliphatic rings. The molecule has 0 bridgehead atoms. The number of ether oxygens (including phenoxy) is 2. The van der Waals surface area contributed by atoms with Gasteiger partial charge in [-0.1, -0.05) is 35.3 Å². The van der Waals surface area contributed by atoms with Crippen molar-refractivity contribution < 1.29 is 14.3 Å². The van der Waals surface area contributed by atoms with Crippen LogP contribution in [0.2, 0.25) is 10.0 Å². The molecule has 2 heterocycles. The zero-order valence-electron chi connectivity index (χ0n) is 14.0. The zero-order valence-corrected chi connectivity index (χ0v) is 15.5. The van der Waals surface area contributed by atoms with Crippen molar-refractivity contribution in [3.63, 3.8) is 0 Å². The number of hydrogen-bond donors (Lipinski definition) is 0. The fraction of sp³-hybridized carbons (Fsp3) is 0.0476. The second-order valence-corrected chi connectivity index (χ2v) is 6.74. The first-order valence-corrected chi connectivity index (χ1v) is 8.91. The third-order valence-electron chi connectivity index (χ3n) is 4.01. The molecule has 0 unspecified atom stereocenters. The van der Waals surface area contributed by atoms with Crippen LogP contribution in [0.25, 0.3) is 6.08 Å². The van der Waals surface area contributed by atoms with Crippen molar-refractivity contribution in [1.82, 2.24) is 4.98 Å². The fourth-order valence-corrected chi connectivity index (χ4v) is 2.99. The molecule has 0 fully saturated rings. The number of carbonyl (C=O) groups is 1. The van der Waals surface area contributed by atoms with E-state index >= 15 is 0 Å². The Hall–Kier alpha value is -2.82. The summed E-state index contributed by atoms with van der Waals surface area (Å²) in [6, 6.07) is 14.1. The van der Waals surface area contributed by atoms with Crippen molar-refractivity contribution in [2.75, 3.05) is 0 Å². The summed E-state index contributed by atoms with van der Waals surface area (Å²) in [7, 11) is 0. The number of allylic oxidation sites excluding steroid dienone is 1. The third-order valence-corrected chi connectivity index (χ3v) is 4.75. The van der Waals surface area contributed by atoms with E-state index < -0.39 is 0 Å². The minimum Gasteiger partial charge on any atom is -0.489 e. The van der Waals surface area contributed by atoms with Gasteiger partial charge in [-0.3, -0.25) is 9.78 Å². The lowest BCUT2D eigenvalue weighted by molar-refractivity contribution is 0.101. The summed E-state index contributed by atoms with van der Waals surface area (Å²) in [5.74, 6) is 1.17. The number of hydrogen-bond acceptors (Lipinski definition) is 4. The highest BCUT2D eigenvalue weighted by Crippen LogP contribution is 2.35. The van der Waals surface area contributed by atoms with Gasteiger partial charge in [-0.2, -0.15) is 0 Å². The molecule has 0 saturated carbocycles. The Morgan fingerprint density at radius 3 is 2.74 bits per heavy atom. The van der Waals surface area contributed by atoms with Crippen LogP contribution in [0.1, 0.15) is 21.5 Å². The predicted molar refractivity (Wildman–Crippen MR) is 104 cm³/mol. The van der Waals surface area contributed by atoms with E-state index in [2.05, 4.69) is 4.98 Å². The van der Waals surface area contributed by atoms with Crippen LogP contribution in [0.5, 0.6) is 11.5 Å². The number of benzene rings is 2. The molecule has 4 rings (SSSR count). The molecule has 0 N–H and O–H groups in total. The van der Waals surface area contributed by atoms with Crippen LogP contribution in [0.15, 0.2) is 66.7 Å². The van der Waals surface area contributed by atoms with Gasteiger partial charge in [0.2, 0.25) is 5.78 Å². The van der Waals surface area contributed by atoms with Crippen LogP contribution in [0.4, 0.5) is 0 Å². The second kappa shape index (κ2) is 7.43. The quantitative estimate of drug-likeness (QED) is 0.538. The molecule has 0 atom stereocenters. The SMILES string of the molecule is O=C1/C(=C/c2cccnc2)Oc2cc(OCc3ccc(Cl)c(Cl)c3)ccc21. The summed E-state index contributed by atoms with van der Waals surface area (Å²) < 4.78 is 11.5. The van der Waals surface area contributed by atoms with Crippen molar-refractivity contribution in [2.24, 2.45) is 0 Å². The van der Waals surface area contributed by atoms with E-state index in [1.165, 1.54) is 0 Å². The number of nitrogens with zero attached hydrogens (tertiary/aromatic N) is 1. The molecule has 0 amide bonds. The van der Waals surface area contributed by atoms with Crippen LogP contribution < -0.4 is 9.47 Å². The lowest BCUT2D eigenvalue weighted by atomic mass is 10.1. The summed E-state index contributed by atoms with van der Waals surface area (Å²) in [4.78, 5) is 16.5. The van der Waals surface area contributed by atoms with Gasteiger partial charge in [-0.25, -0.2) is 0 Å². The van der Waals surface area contributed by atoms with Crippen LogP contribution in [-0.4, -0.2) is 10.8 Å². The summed E-state index contributed by atoms with van der Waals surface area (Å²) in [6.45, 7) is 0.321. The van der Waals surface area contributed by atoms with Crippen LogP contribution >= 0.6 is 23.2 Å². The molecule has 0 aliphatic carbocycles. The summed E-state index contributed by atoms with van der Waals surface area (Å²) in [5.41, 5.74) is 2.19. The number of pyridine rings is 1.